The Morgan fingerprint density at radius 3 is 2.68 bits per heavy atom. The van der Waals surface area contributed by atoms with Gasteiger partial charge < -0.3 is 14.5 Å². The van der Waals surface area contributed by atoms with Gasteiger partial charge >= 0.3 is 0 Å². The number of oxazole rings is 1. The molecule has 2 N–H and O–H groups in total. The number of amides is 1. The Hall–Kier alpha value is -3.13. The molecule has 4 rings (SSSR count). The molecule has 6 nitrogen and oxygen atoms in total. The third-order valence-electron chi connectivity index (χ3n) is 4.37. The highest BCUT2D eigenvalue weighted by atomic mass is 35.5. The van der Waals surface area contributed by atoms with E-state index in [9.17, 15) is 4.79 Å². The first-order valence-electron chi connectivity index (χ1n) is 9.05. The number of nitrogens with zero attached hydrogens (tertiary/aromatic N) is 1. The van der Waals surface area contributed by atoms with Gasteiger partial charge in [-0.15, -0.1) is 0 Å². The summed E-state index contributed by atoms with van der Waals surface area (Å²) in [6.45, 7) is 0. The lowest BCUT2D eigenvalue weighted by Gasteiger charge is -2.10. The number of benzene rings is 3. The van der Waals surface area contributed by atoms with Crippen LogP contribution in [0.4, 0.5) is 5.69 Å². The van der Waals surface area contributed by atoms with Crippen LogP contribution in [0, 0.1) is 0 Å². The van der Waals surface area contributed by atoms with Gasteiger partial charge in [0.25, 0.3) is 5.91 Å². The molecule has 1 aromatic heterocycles. The third-order valence-corrected chi connectivity index (χ3v) is 5.31. The van der Waals surface area contributed by atoms with E-state index >= 15 is 0 Å². The SMILES string of the molecule is COc1cccc(C(=O)NC(=S)Nc2ccc3oc(-c4ccc(Cl)c(Cl)c4)nc3c2)c1. The van der Waals surface area contributed by atoms with E-state index in [0.717, 1.165) is 0 Å². The molecule has 9 heteroatoms. The van der Waals surface area contributed by atoms with Crippen LogP contribution >= 0.6 is 35.4 Å². The molecule has 0 saturated carbocycles. The van der Waals surface area contributed by atoms with Crippen LogP contribution in [0.15, 0.2) is 65.1 Å². The van der Waals surface area contributed by atoms with Crippen LogP contribution in [0.25, 0.3) is 22.6 Å². The van der Waals surface area contributed by atoms with Crippen molar-refractivity contribution in [2.75, 3.05) is 12.4 Å². The molecule has 0 aliphatic rings. The number of anilines is 1. The van der Waals surface area contributed by atoms with Crippen LogP contribution in [0.5, 0.6) is 5.75 Å². The second kappa shape index (κ2) is 8.93. The highest BCUT2D eigenvalue weighted by Crippen LogP contribution is 2.30. The lowest BCUT2D eigenvalue weighted by molar-refractivity contribution is 0.0977. The van der Waals surface area contributed by atoms with Gasteiger partial charge in [-0.05, 0) is 66.8 Å². The van der Waals surface area contributed by atoms with Gasteiger partial charge in [0.2, 0.25) is 5.89 Å². The number of carbonyl (C=O) groups is 1. The number of thiocarbonyl (C=S) groups is 1. The van der Waals surface area contributed by atoms with Gasteiger partial charge in [-0.25, -0.2) is 4.98 Å². The number of aromatic nitrogens is 1. The molecule has 0 spiro atoms. The lowest BCUT2D eigenvalue weighted by Crippen LogP contribution is -2.34. The summed E-state index contributed by atoms with van der Waals surface area (Å²) in [4.78, 5) is 16.9. The predicted octanol–water partition coefficient (Wildman–Crippen LogP) is 5.94. The zero-order valence-corrected chi connectivity index (χ0v) is 18.4. The van der Waals surface area contributed by atoms with Crippen molar-refractivity contribution in [1.29, 1.82) is 0 Å². The summed E-state index contributed by atoms with van der Waals surface area (Å²) in [5.74, 6) is 0.654. The van der Waals surface area contributed by atoms with Gasteiger partial charge in [0, 0.05) is 16.8 Å². The van der Waals surface area contributed by atoms with E-state index in [4.69, 9.17) is 44.6 Å². The summed E-state index contributed by atoms with van der Waals surface area (Å²) in [6.07, 6.45) is 0. The molecular weight excluding hydrogens is 457 g/mol. The molecule has 1 heterocycles. The summed E-state index contributed by atoms with van der Waals surface area (Å²) in [5, 5.41) is 6.65. The first-order chi connectivity index (χ1) is 14.9. The number of methoxy groups -OCH3 is 1. The average molecular weight is 472 g/mol. The van der Waals surface area contributed by atoms with Crippen LogP contribution in [-0.2, 0) is 0 Å². The van der Waals surface area contributed by atoms with Gasteiger partial charge in [-0.3, -0.25) is 10.1 Å². The molecular formula is C22H15Cl2N3O3S. The van der Waals surface area contributed by atoms with E-state index in [1.54, 1.807) is 60.7 Å². The third kappa shape index (κ3) is 4.80. The first kappa shape index (κ1) is 21.1. The van der Waals surface area contributed by atoms with Crippen LogP contribution in [-0.4, -0.2) is 23.1 Å². The standard InChI is InChI=1S/C22H15Cl2N3O3S/c1-29-15-4-2-3-12(9-15)20(28)27-22(31)25-14-6-8-19-18(11-14)26-21(30-19)13-5-7-16(23)17(24)10-13/h2-11H,1H3,(H2,25,27,28,31). The minimum Gasteiger partial charge on any atom is -0.497 e. The van der Waals surface area contributed by atoms with Gasteiger partial charge in [0.05, 0.1) is 17.2 Å². The Bertz CT molecular complexity index is 1310. The van der Waals surface area contributed by atoms with E-state index in [2.05, 4.69) is 15.6 Å². The highest BCUT2D eigenvalue weighted by molar-refractivity contribution is 7.80. The van der Waals surface area contributed by atoms with Crippen molar-refractivity contribution in [3.63, 3.8) is 0 Å². The van der Waals surface area contributed by atoms with Gasteiger partial charge in [0.1, 0.15) is 11.3 Å². The van der Waals surface area contributed by atoms with Crippen molar-refractivity contribution in [2.24, 2.45) is 0 Å². The molecule has 156 valence electrons. The average Bonchev–Trinajstić information content (AvgIpc) is 3.19. The molecule has 4 aromatic rings. The summed E-state index contributed by atoms with van der Waals surface area (Å²) in [6, 6.07) is 17.2. The van der Waals surface area contributed by atoms with Crippen molar-refractivity contribution in [3.8, 4) is 17.2 Å². The zero-order valence-electron chi connectivity index (χ0n) is 16.1. The molecule has 0 saturated heterocycles. The van der Waals surface area contributed by atoms with Crippen molar-refractivity contribution >= 4 is 63.2 Å². The molecule has 0 radical (unpaired) electrons. The van der Waals surface area contributed by atoms with Crippen LogP contribution in [0.1, 0.15) is 10.4 Å². The molecule has 0 fully saturated rings. The summed E-state index contributed by atoms with van der Waals surface area (Å²) in [7, 11) is 1.54. The van der Waals surface area contributed by atoms with Gasteiger partial charge in [0.15, 0.2) is 10.7 Å². The molecule has 0 atom stereocenters. The Morgan fingerprint density at radius 1 is 1.06 bits per heavy atom. The second-order valence-electron chi connectivity index (χ2n) is 6.47. The number of carbonyl (C=O) groups excluding carboxylic acids is 1. The Morgan fingerprint density at radius 2 is 1.90 bits per heavy atom. The number of hydrogen-bond donors (Lipinski definition) is 2. The van der Waals surface area contributed by atoms with E-state index in [1.165, 1.54) is 7.11 Å². The Labute approximate surface area is 193 Å². The van der Waals surface area contributed by atoms with Gasteiger partial charge in [-0.2, -0.15) is 0 Å². The molecule has 0 bridgehead atoms. The summed E-state index contributed by atoms with van der Waals surface area (Å²) < 4.78 is 10.9. The number of fused-ring (bicyclic) bond motifs is 1. The number of halogens is 2. The van der Waals surface area contributed by atoms with Crippen LogP contribution in [0.3, 0.4) is 0 Å². The predicted molar refractivity (Wildman–Crippen MR) is 126 cm³/mol. The maximum absolute atomic E-state index is 12.4. The minimum absolute atomic E-state index is 0.153. The number of hydrogen-bond acceptors (Lipinski definition) is 5. The summed E-state index contributed by atoms with van der Waals surface area (Å²) >= 11 is 17.3. The molecule has 0 aliphatic carbocycles. The molecule has 0 unspecified atom stereocenters. The maximum atomic E-state index is 12.4. The Balaban J connectivity index is 1.48. The van der Waals surface area contributed by atoms with Crippen molar-refractivity contribution in [3.05, 3.63) is 76.3 Å². The maximum Gasteiger partial charge on any atom is 0.257 e. The minimum atomic E-state index is -0.346. The lowest BCUT2D eigenvalue weighted by atomic mass is 10.2. The fourth-order valence-electron chi connectivity index (χ4n) is 2.86. The second-order valence-corrected chi connectivity index (χ2v) is 7.69. The fourth-order valence-corrected chi connectivity index (χ4v) is 3.37. The number of rotatable bonds is 4. The molecule has 31 heavy (non-hydrogen) atoms. The fraction of sp³-hybridized carbons (Fsp3) is 0.0455. The smallest absolute Gasteiger partial charge is 0.257 e. The van der Waals surface area contributed by atoms with Crippen molar-refractivity contribution < 1.29 is 13.9 Å². The quantitative estimate of drug-likeness (QED) is 0.358. The molecule has 1 amide bonds. The molecule has 3 aromatic carbocycles. The topological polar surface area (TPSA) is 76.4 Å². The van der Waals surface area contributed by atoms with Crippen molar-refractivity contribution in [2.45, 2.75) is 0 Å². The Kier molecular flexibility index (Phi) is 6.08. The van der Waals surface area contributed by atoms with E-state index in [-0.39, 0.29) is 11.0 Å². The summed E-state index contributed by atoms with van der Waals surface area (Å²) in [5.41, 5.74) is 3.01. The molecule has 0 aliphatic heterocycles. The van der Waals surface area contributed by atoms with E-state index in [0.29, 0.717) is 49.6 Å². The number of nitrogens with one attached hydrogen (secondary N) is 2. The van der Waals surface area contributed by atoms with E-state index in [1.807, 2.05) is 0 Å². The normalized spacial score (nSPS) is 10.7. The van der Waals surface area contributed by atoms with Crippen LogP contribution < -0.4 is 15.4 Å². The monoisotopic (exact) mass is 471 g/mol. The van der Waals surface area contributed by atoms with Gasteiger partial charge in [-0.1, -0.05) is 29.3 Å². The van der Waals surface area contributed by atoms with Crippen LogP contribution in [0.2, 0.25) is 10.0 Å². The van der Waals surface area contributed by atoms with E-state index < -0.39 is 0 Å². The zero-order chi connectivity index (χ0) is 22.0. The largest absolute Gasteiger partial charge is 0.497 e. The first-order valence-corrected chi connectivity index (χ1v) is 10.2. The van der Waals surface area contributed by atoms with Crippen molar-refractivity contribution in [1.82, 2.24) is 10.3 Å². The highest BCUT2D eigenvalue weighted by Gasteiger charge is 2.12. The number of ether oxygens (including phenoxy) is 1.